The Morgan fingerprint density at radius 2 is 1.67 bits per heavy atom. The van der Waals surface area contributed by atoms with Gasteiger partial charge in [-0.25, -0.2) is 4.79 Å². The van der Waals surface area contributed by atoms with Gasteiger partial charge in [0.05, 0.1) is 11.7 Å². The van der Waals surface area contributed by atoms with Crippen LogP contribution in [0.3, 0.4) is 0 Å². The van der Waals surface area contributed by atoms with E-state index in [1.54, 1.807) is 0 Å². The van der Waals surface area contributed by atoms with Crippen LogP contribution in [-0.4, -0.2) is 12.1 Å². The molecule has 3 heteroatoms. The molecule has 0 aliphatic carbocycles. The van der Waals surface area contributed by atoms with Gasteiger partial charge in [0.25, 0.3) is 0 Å². The van der Waals surface area contributed by atoms with E-state index in [0.29, 0.717) is 11.3 Å². The third kappa shape index (κ3) is 6.71. The molecule has 0 aromatic heterocycles. The lowest BCUT2D eigenvalue weighted by atomic mass is 9.99. The fraction of sp³-hybridized carbons (Fsp3) is 0.367. The molecule has 0 saturated heterocycles. The Morgan fingerprint density at radius 1 is 0.939 bits per heavy atom. The molecule has 3 nitrogen and oxygen atoms in total. The minimum absolute atomic E-state index is 0.0388. The number of aryl methyl sites for hydroxylation is 1. The Kier molecular flexibility index (Phi) is 8.71. The molecule has 0 spiro atoms. The highest BCUT2D eigenvalue weighted by atomic mass is 16.5. The third-order valence-corrected chi connectivity index (χ3v) is 5.64. The second-order valence-electron chi connectivity index (χ2n) is 8.90. The lowest BCUT2D eigenvalue weighted by Crippen LogP contribution is -2.13. The van der Waals surface area contributed by atoms with Gasteiger partial charge in [-0.15, -0.1) is 0 Å². The topological polar surface area (TPSA) is 35.5 Å². The molecule has 3 aromatic carbocycles. The van der Waals surface area contributed by atoms with E-state index < -0.39 is 0 Å². The smallest absolute Gasteiger partial charge is 0.343 e. The van der Waals surface area contributed by atoms with E-state index in [0.717, 1.165) is 59.8 Å². The standard InChI is InChI=1S/C30H36O3/c1-6-10-22(5)14-17-27-28(32-21(3)4)18-23(11-7-2)19-29(27)33-30(31)26-16-15-24-12-8-9-13-25(24)20-26/h8-10,12-13,15-16,18-21H,6-7,11,14,17H2,1-5H3/b22-10-. The van der Waals surface area contributed by atoms with Gasteiger partial charge in [0.2, 0.25) is 0 Å². The molecule has 0 amide bonds. The highest BCUT2D eigenvalue weighted by Gasteiger charge is 2.18. The van der Waals surface area contributed by atoms with Crippen molar-refractivity contribution >= 4 is 16.7 Å². The van der Waals surface area contributed by atoms with Gasteiger partial charge < -0.3 is 9.47 Å². The second kappa shape index (κ2) is 11.7. The van der Waals surface area contributed by atoms with Crippen molar-refractivity contribution in [3.8, 4) is 11.5 Å². The number of esters is 1. The van der Waals surface area contributed by atoms with Crippen LogP contribution in [0.15, 0.2) is 66.2 Å². The first-order valence-electron chi connectivity index (χ1n) is 12.1. The minimum Gasteiger partial charge on any atom is -0.491 e. The van der Waals surface area contributed by atoms with Crippen LogP contribution >= 0.6 is 0 Å². The molecule has 0 aliphatic rings. The first kappa shape index (κ1) is 24.6. The molecule has 33 heavy (non-hydrogen) atoms. The summed E-state index contributed by atoms with van der Waals surface area (Å²) in [5.41, 5.74) is 3.96. The number of hydrogen-bond donors (Lipinski definition) is 0. The van der Waals surface area contributed by atoms with Gasteiger partial charge in [0, 0.05) is 5.56 Å². The quantitative estimate of drug-likeness (QED) is 0.180. The maximum absolute atomic E-state index is 13.2. The van der Waals surface area contributed by atoms with Gasteiger partial charge in [0.1, 0.15) is 11.5 Å². The summed E-state index contributed by atoms with van der Waals surface area (Å²) in [6.45, 7) is 10.5. The molecule has 0 radical (unpaired) electrons. The Morgan fingerprint density at radius 3 is 2.36 bits per heavy atom. The third-order valence-electron chi connectivity index (χ3n) is 5.64. The Labute approximate surface area is 198 Å². The van der Waals surface area contributed by atoms with Gasteiger partial charge in [0.15, 0.2) is 0 Å². The molecule has 3 rings (SSSR count). The molecule has 0 atom stereocenters. The summed E-state index contributed by atoms with van der Waals surface area (Å²) >= 11 is 0. The van der Waals surface area contributed by atoms with Crippen LogP contribution in [0.1, 0.15) is 75.4 Å². The van der Waals surface area contributed by atoms with Crippen LogP contribution in [0.25, 0.3) is 10.8 Å². The van der Waals surface area contributed by atoms with E-state index in [1.807, 2.05) is 62.4 Å². The monoisotopic (exact) mass is 444 g/mol. The lowest BCUT2D eigenvalue weighted by molar-refractivity contribution is 0.0732. The molecule has 0 saturated carbocycles. The fourth-order valence-electron chi connectivity index (χ4n) is 4.05. The van der Waals surface area contributed by atoms with Crippen molar-refractivity contribution in [2.75, 3.05) is 0 Å². The van der Waals surface area contributed by atoms with Crippen molar-refractivity contribution in [2.45, 2.75) is 72.8 Å². The SMILES string of the molecule is CC/C=C(/C)CCc1c(OC(=O)c2ccc3ccccc3c2)cc(CCC)cc1OC(C)C. The summed E-state index contributed by atoms with van der Waals surface area (Å²) in [7, 11) is 0. The molecule has 0 bridgehead atoms. The Balaban J connectivity index is 1.99. The predicted molar refractivity (Wildman–Crippen MR) is 137 cm³/mol. The van der Waals surface area contributed by atoms with E-state index >= 15 is 0 Å². The number of allylic oxidation sites excluding steroid dienone is 2. The number of carbonyl (C=O) groups is 1. The fourth-order valence-corrected chi connectivity index (χ4v) is 4.05. The van der Waals surface area contributed by atoms with Crippen LogP contribution in [-0.2, 0) is 12.8 Å². The van der Waals surface area contributed by atoms with Crippen molar-refractivity contribution in [3.05, 3.63) is 82.9 Å². The lowest BCUT2D eigenvalue weighted by Gasteiger charge is -2.19. The minimum atomic E-state index is -0.341. The number of hydrogen-bond acceptors (Lipinski definition) is 3. The zero-order valence-electron chi connectivity index (χ0n) is 20.6. The first-order valence-corrected chi connectivity index (χ1v) is 12.1. The summed E-state index contributed by atoms with van der Waals surface area (Å²) in [4.78, 5) is 13.2. The Hall–Kier alpha value is -3.07. The maximum atomic E-state index is 13.2. The molecular weight excluding hydrogens is 408 g/mol. The van der Waals surface area contributed by atoms with Crippen LogP contribution in [0.5, 0.6) is 11.5 Å². The number of benzene rings is 3. The van der Waals surface area contributed by atoms with Gasteiger partial charge in [-0.2, -0.15) is 0 Å². The van der Waals surface area contributed by atoms with E-state index in [2.05, 4.69) is 32.9 Å². The van der Waals surface area contributed by atoms with Crippen molar-refractivity contribution in [1.82, 2.24) is 0 Å². The highest BCUT2D eigenvalue weighted by Crippen LogP contribution is 2.35. The van der Waals surface area contributed by atoms with E-state index in [4.69, 9.17) is 9.47 Å². The van der Waals surface area contributed by atoms with Gasteiger partial charge in [-0.1, -0.05) is 62.2 Å². The van der Waals surface area contributed by atoms with Crippen molar-refractivity contribution < 1.29 is 14.3 Å². The van der Waals surface area contributed by atoms with Gasteiger partial charge in [-0.3, -0.25) is 0 Å². The zero-order chi connectivity index (χ0) is 23.8. The molecule has 3 aromatic rings. The number of carbonyl (C=O) groups excluding carboxylic acids is 1. The first-order chi connectivity index (χ1) is 15.9. The van der Waals surface area contributed by atoms with E-state index in [1.165, 1.54) is 5.57 Å². The summed E-state index contributed by atoms with van der Waals surface area (Å²) < 4.78 is 12.2. The second-order valence-corrected chi connectivity index (χ2v) is 8.90. The number of rotatable bonds is 10. The van der Waals surface area contributed by atoms with Crippen LogP contribution in [0, 0.1) is 0 Å². The van der Waals surface area contributed by atoms with Crippen LogP contribution in [0.2, 0.25) is 0 Å². The Bertz CT molecular complexity index is 1120. The highest BCUT2D eigenvalue weighted by molar-refractivity contribution is 5.96. The normalized spacial score (nSPS) is 11.8. The number of fused-ring (bicyclic) bond motifs is 1. The molecule has 174 valence electrons. The molecular formula is C30H36O3. The maximum Gasteiger partial charge on any atom is 0.343 e. The molecule has 0 fully saturated rings. The molecule has 0 unspecified atom stereocenters. The zero-order valence-corrected chi connectivity index (χ0v) is 20.6. The van der Waals surface area contributed by atoms with E-state index in [9.17, 15) is 4.79 Å². The van der Waals surface area contributed by atoms with Gasteiger partial charge in [-0.05, 0) is 87.1 Å². The number of ether oxygens (including phenoxy) is 2. The molecule has 0 aliphatic heterocycles. The summed E-state index contributed by atoms with van der Waals surface area (Å²) in [5.74, 6) is 1.09. The summed E-state index contributed by atoms with van der Waals surface area (Å²) in [6.07, 6.45) is 6.88. The predicted octanol–water partition coefficient (Wildman–Crippen LogP) is 8.09. The largest absolute Gasteiger partial charge is 0.491 e. The summed E-state index contributed by atoms with van der Waals surface area (Å²) in [5, 5.41) is 2.13. The van der Waals surface area contributed by atoms with E-state index in [-0.39, 0.29) is 12.1 Å². The summed E-state index contributed by atoms with van der Waals surface area (Å²) in [6, 6.07) is 17.9. The molecule has 0 heterocycles. The van der Waals surface area contributed by atoms with Crippen molar-refractivity contribution in [3.63, 3.8) is 0 Å². The molecule has 0 N–H and O–H groups in total. The van der Waals surface area contributed by atoms with Gasteiger partial charge >= 0.3 is 5.97 Å². The van der Waals surface area contributed by atoms with Crippen molar-refractivity contribution in [2.24, 2.45) is 0 Å². The van der Waals surface area contributed by atoms with Crippen molar-refractivity contribution in [1.29, 1.82) is 0 Å². The average Bonchev–Trinajstić information content (AvgIpc) is 2.78. The van der Waals surface area contributed by atoms with Crippen LogP contribution in [0.4, 0.5) is 0 Å². The van der Waals surface area contributed by atoms with Crippen LogP contribution < -0.4 is 9.47 Å². The average molecular weight is 445 g/mol.